The van der Waals surface area contributed by atoms with Crippen LogP contribution in [0.1, 0.15) is 18.4 Å². The van der Waals surface area contributed by atoms with Crippen LogP contribution in [0.4, 0.5) is 13.2 Å². The van der Waals surface area contributed by atoms with Gasteiger partial charge in [-0.2, -0.15) is 13.2 Å². The van der Waals surface area contributed by atoms with Crippen LogP contribution in [0, 0.1) is 0 Å². The molecule has 0 bridgehead atoms. The number of aromatic nitrogens is 1. The number of hydrogen-bond donors (Lipinski definition) is 3. The van der Waals surface area contributed by atoms with E-state index in [4.69, 9.17) is 9.90 Å². The Labute approximate surface area is 125 Å². The van der Waals surface area contributed by atoms with Crippen LogP contribution in [0.25, 0.3) is 6.08 Å². The van der Waals surface area contributed by atoms with Crippen LogP contribution in [0.3, 0.4) is 0 Å². The molecular weight excluding hydrogens is 301 g/mol. The van der Waals surface area contributed by atoms with E-state index in [9.17, 15) is 18.3 Å². The van der Waals surface area contributed by atoms with Crippen molar-refractivity contribution < 1.29 is 28.2 Å². The van der Waals surface area contributed by atoms with E-state index in [1.54, 1.807) is 12.4 Å². The summed E-state index contributed by atoms with van der Waals surface area (Å²) in [4.78, 5) is 12.9. The third-order valence-electron chi connectivity index (χ3n) is 2.98. The molecule has 1 aromatic heterocycles. The van der Waals surface area contributed by atoms with E-state index in [0.29, 0.717) is 0 Å². The molecule has 3 N–H and O–H groups in total. The molecule has 1 aromatic rings. The highest BCUT2D eigenvalue weighted by Gasteiger charge is 2.38. The Bertz CT molecular complexity index is 498. The van der Waals surface area contributed by atoms with Crippen molar-refractivity contribution in [3.63, 3.8) is 0 Å². The lowest BCUT2D eigenvalue weighted by atomic mass is 9.91. The minimum absolute atomic E-state index is 0.638. The molecule has 0 saturated carbocycles. The van der Waals surface area contributed by atoms with E-state index in [1.807, 2.05) is 24.3 Å². The summed E-state index contributed by atoms with van der Waals surface area (Å²) in [5.41, 5.74) is 0.394. The van der Waals surface area contributed by atoms with Crippen LogP contribution >= 0.6 is 0 Å². The molecule has 1 aliphatic heterocycles. The quantitative estimate of drug-likeness (QED) is 0.775. The summed E-state index contributed by atoms with van der Waals surface area (Å²) in [6.07, 6.45) is 3.86. The lowest BCUT2D eigenvalue weighted by molar-refractivity contribution is -0.192. The fourth-order valence-corrected chi connectivity index (χ4v) is 1.75. The Morgan fingerprint density at radius 3 is 2.41 bits per heavy atom. The summed E-state index contributed by atoms with van der Waals surface area (Å²) in [6, 6.07) is 3.88. The van der Waals surface area contributed by atoms with Crippen LogP contribution in [0.5, 0.6) is 0 Å². The van der Waals surface area contributed by atoms with E-state index in [0.717, 1.165) is 31.5 Å². The number of aliphatic hydroxyl groups is 1. The number of carboxylic acids is 1. The van der Waals surface area contributed by atoms with Crippen LogP contribution in [0.2, 0.25) is 0 Å². The predicted octanol–water partition coefficient (Wildman–Crippen LogP) is 1.84. The molecule has 0 amide bonds. The minimum Gasteiger partial charge on any atom is -0.475 e. The smallest absolute Gasteiger partial charge is 0.475 e. The van der Waals surface area contributed by atoms with E-state index in [1.165, 1.54) is 0 Å². The first-order valence-corrected chi connectivity index (χ1v) is 6.55. The van der Waals surface area contributed by atoms with Gasteiger partial charge in [-0.1, -0.05) is 18.2 Å². The Balaban J connectivity index is 0.000000295. The molecule has 0 aliphatic carbocycles. The SMILES string of the molecule is O=C(O)C(F)(F)F.OC1(C=Cc2cccnc2)CCNCC1. The van der Waals surface area contributed by atoms with Gasteiger partial charge in [0.1, 0.15) is 0 Å². The Morgan fingerprint density at radius 1 is 1.36 bits per heavy atom. The van der Waals surface area contributed by atoms with Crippen LogP contribution < -0.4 is 5.32 Å². The van der Waals surface area contributed by atoms with E-state index in [2.05, 4.69) is 10.3 Å². The molecule has 0 radical (unpaired) electrons. The van der Waals surface area contributed by atoms with Gasteiger partial charge in [-0.05, 0) is 37.6 Å². The second-order valence-electron chi connectivity index (χ2n) is 4.78. The average Bonchev–Trinajstić information content (AvgIpc) is 2.47. The maximum Gasteiger partial charge on any atom is 0.490 e. The molecule has 1 saturated heterocycles. The fraction of sp³-hybridized carbons (Fsp3) is 0.429. The van der Waals surface area contributed by atoms with Crippen LogP contribution in [-0.4, -0.2) is 46.0 Å². The van der Waals surface area contributed by atoms with Gasteiger partial charge in [0.25, 0.3) is 0 Å². The normalized spacial score (nSPS) is 17.6. The number of rotatable bonds is 2. The van der Waals surface area contributed by atoms with Gasteiger partial charge in [-0.15, -0.1) is 0 Å². The highest BCUT2D eigenvalue weighted by molar-refractivity contribution is 5.73. The largest absolute Gasteiger partial charge is 0.490 e. The van der Waals surface area contributed by atoms with Crippen molar-refractivity contribution in [2.45, 2.75) is 24.6 Å². The van der Waals surface area contributed by atoms with Crippen LogP contribution in [0.15, 0.2) is 30.6 Å². The molecule has 2 heterocycles. The highest BCUT2D eigenvalue weighted by Crippen LogP contribution is 2.20. The Kier molecular flexibility index (Phi) is 6.51. The van der Waals surface area contributed by atoms with Gasteiger partial charge >= 0.3 is 12.1 Å². The molecular formula is C14H17F3N2O3. The zero-order valence-electron chi connectivity index (χ0n) is 11.7. The van der Waals surface area contributed by atoms with Gasteiger partial charge in [-0.3, -0.25) is 4.98 Å². The van der Waals surface area contributed by atoms with Crippen LogP contribution in [-0.2, 0) is 4.79 Å². The molecule has 8 heteroatoms. The van der Waals surface area contributed by atoms with Crippen molar-refractivity contribution in [1.29, 1.82) is 0 Å². The fourth-order valence-electron chi connectivity index (χ4n) is 1.75. The van der Waals surface area contributed by atoms with Gasteiger partial charge in [0.15, 0.2) is 0 Å². The predicted molar refractivity (Wildman–Crippen MR) is 74.0 cm³/mol. The molecule has 122 valence electrons. The Hall–Kier alpha value is -1.93. The summed E-state index contributed by atoms with van der Waals surface area (Å²) in [5.74, 6) is -2.76. The van der Waals surface area contributed by atoms with Gasteiger partial charge < -0.3 is 15.5 Å². The molecule has 0 atom stereocenters. The first-order valence-electron chi connectivity index (χ1n) is 6.55. The van der Waals surface area contributed by atoms with E-state index in [-0.39, 0.29) is 0 Å². The van der Waals surface area contributed by atoms with Gasteiger partial charge in [0, 0.05) is 12.4 Å². The average molecular weight is 318 g/mol. The molecule has 2 rings (SSSR count). The topological polar surface area (TPSA) is 82.5 Å². The lowest BCUT2D eigenvalue weighted by Crippen LogP contribution is -2.40. The number of aliphatic carboxylic acids is 1. The summed E-state index contributed by atoms with van der Waals surface area (Å²) < 4.78 is 31.7. The van der Waals surface area contributed by atoms with Crippen molar-refractivity contribution in [3.05, 3.63) is 36.2 Å². The zero-order valence-corrected chi connectivity index (χ0v) is 11.7. The molecule has 1 fully saturated rings. The number of piperidine rings is 1. The second kappa shape index (κ2) is 7.90. The lowest BCUT2D eigenvalue weighted by Gasteiger charge is -2.29. The molecule has 22 heavy (non-hydrogen) atoms. The van der Waals surface area contributed by atoms with Gasteiger partial charge in [0.2, 0.25) is 0 Å². The summed E-state index contributed by atoms with van der Waals surface area (Å²) in [6.45, 7) is 1.77. The summed E-state index contributed by atoms with van der Waals surface area (Å²) >= 11 is 0. The number of hydrogen-bond acceptors (Lipinski definition) is 4. The van der Waals surface area contributed by atoms with E-state index < -0.39 is 17.7 Å². The summed E-state index contributed by atoms with van der Waals surface area (Å²) in [5, 5.41) is 20.5. The van der Waals surface area contributed by atoms with Gasteiger partial charge in [0.05, 0.1) is 5.60 Å². The van der Waals surface area contributed by atoms with Crippen molar-refractivity contribution in [1.82, 2.24) is 10.3 Å². The Morgan fingerprint density at radius 2 is 1.95 bits per heavy atom. The van der Waals surface area contributed by atoms with Crippen molar-refractivity contribution in [3.8, 4) is 0 Å². The standard InChI is InChI=1S/C12H16N2O.C2HF3O2/c15-12(5-8-13-9-6-12)4-3-11-2-1-7-14-10-11;3-2(4,5)1(6)7/h1-4,7,10,13,15H,5-6,8-9H2;(H,6,7). The number of carboxylic acid groups (broad SMARTS) is 1. The molecule has 0 aromatic carbocycles. The third-order valence-corrected chi connectivity index (χ3v) is 2.98. The molecule has 1 aliphatic rings. The number of pyridine rings is 1. The van der Waals surface area contributed by atoms with Crippen molar-refractivity contribution in [2.24, 2.45) is 0 Å². The molecule has 0 unspecified atom stereocenters. The van der Waals surface area contributed by atoms with Crippen molar-refractivity contribution >= 4 is 12.0 Å². The maximum atomic E-state index is 10.6. The first-order chi connectivity index (χ1) is 10.2. The summed E-state index contributed by atoms with van der Waals surface area (Å²) in [7, 11) is 0. The highest BCUT2D eigenvalue weighted by atomic mass is 19.4. The monoisotopic (exact) mass is 318 g/mol. The number of nitrogens with zero attached hydrogens (tertiary/aromatic N) is 1. The second-order valence-corrected chi connectivity index (χ2v) is 4.78. The number of halogens is 3. The zero-order chi connectivity index (χ0) is 16.6. The molecule has 0 spiro atoms. The minimum atomic E-state index is -5.08. The first kappa shape index (κ1) is 18.1. The van der Waals surface area contributed by atoms with Gasteiger partial charge in [-0.25, -0.2) is 4.79 Å². The molecule has 5 nitrogen and oxygen atoms in total. The maximum absolute atomic E-state index is 10.6. The van der Waals surface area contributed by atoms with E-state index >= 15 is 0 Å². The number of carbonyl (C=O) groups is 1. The van der Waals surface area contributed by atoms with Crippen molar-refractivity contribution in [2.75, 3.05) is 13.1 Å². The number of alkyl halides is 3. The third kappa shape index (κ3) is 6.68. The number of nitrogens with one attached hydrogen (secondary N) is 1.